The molecular formula is C16H12Cl2F3N5O2. The van der Waals surface area contributed by atoms with E-state index in [0.29, 0.717) is 23.8 Å². The van der Waals surface area contributed by atoms with E-state index in [9.17, 15) is 13.2 Å². The van der Waals surface area contributed by atoms with Crippen molar-refractivity contribution in [1.29, 1.82) is 0 Å². The third-order valence-corrected chi connectivity index (χ3v) is 4.05. The molecule has 12 heteroatoms. The number of hydrogen-bond donors (Lipinski definition) is 1. The number of halogens is 5. The maximum Gasteiger partial charge on any atom is 0.573 e. The lowest BCUT2D eigenvalue weighted by atomic mass is 10.3. The highest BCUT2D eigenvalue weighted by atomic mass is 35.5. The van der Waals surface area contributed by atoms with Gasteiger partial charge in [-0.2, -0.15) is 5.10 Å². The van der Waals surface area contributed by atoms with Gasteiger partial charge in [0, 0.05) is 0 Å². The molecule has 0 saturated heterocycles. The van der Waals surface area contributed by atoms with E-state index < -0.39 is 6.36 Å². The van der Waals surface area contributed by atoms with Crippen LogP contribution in [0.2, 0.25) is 10.2 Å². The van der Waals surface area contributed by atoms with E-state index in [-0.39, 0.29) is 22.5 Å². The first kappa shape index (κ1) is 20.0. The minimum atomic E-state index is -4.73. The molecule has 0 fully saturated rings. The van der Waals surface area contributed by atoms with Crippen LogP contribution >= 0.6 is 23.2 Å². The number of benzene rings is 1. The summed E-state index contributed by atoms with van der Waals surface area (Å²) in [6.07, 6.45) is -0.376. The number of nitrogens with one attached hydrogen (secondary N) is 1. The predicted octanol–water partition coefficient (Wildman–Crippen LogP) is 4.36. The van der Waals surface area contributed by atoms with Crippen LogP contribution in [0.15, 0.2) is 43.0 Å². The normalized spacial score (nSPS) is 11.3. The van der Waals surface area contributed by atoms with Crippen LogP contribution in [0.4, 0.5) is 19.0 Å². The summed E-state index contributed by atoms with van der Waals surface area (Å²) in [5, 5.41) is 7.43. The van der Waals surface area contributed by atoms with Crippen LogP contribution in [0.5, 0.6) is 11.5 Å². The zero-order valence-corrected chi connectivity index (χ0v) is 15.5. The SMILES string of the molecule is FC(F)(F)Oc1ccc(-n2cc(OCCNc3ncnc(Cl)c3Cl)cn2)cc1. The Hall–Kier alpha value is -2.72. The molecule has 2 heterocycles. The molecule has 0 aliphatic carbocycles. The number of alkyl halides is 3. The van der Waals surface area contributed by atoms with Gasteiger partial charge in [-0.3, -0.25) is 0 Å². The van der Waals surface area contributed by atoms with Gasteiger partial charge in [-0.1, -0.05) is 23.2 Å². The van der Waals surface area contributed by atoms with Crippen LogP contribution in [-0.4, -0.2) is 39.3 Å². The first-order chi connectivity index (χ1) is 13.3. The van der Waals surface area contributed by atoms with Crippen molar-refractivity contribution < 1.29 is 22.6 Å². The van der Waals surface area contributed by atoms with Crippen molar-refractivity contribution in [3.8, 4) is 17.2 Å². The summed E-state index contributed by atoms with van der Waals surface area (Å²) in [5.74, 6) is 0.556. The molecular weight excluding hydrogens is 422 g/mol. The van der Waals surface area contributed by atoms with Crippen LogP contribution in [0.25, 0.3) is 5.69 Å². The summed E-state index contributed by atoms with van der Waals surface area (Å²) < 4.78 is 47.4. The largest absolute Gasteiger partial charge is 0.573 e. The molecule has 0 amide bonds. The predicted molar refractivity (Wildman–Crippen MR) is 96.3 cm³/mol. The van der Waals surface area contributed by atoms with E-state index >= 15 is 0 Å². The van der Waals surface area contributed by atoms with Crippen molar-refractivity contribution in [3.05, 3.63) is 53.2 Å². The fraction of sp³-hybridized carbons (Fsp3) is 0.188. The highest BCUT2D eigenvalue weighted by molar-refractivity contribution is 6.42. The number of anilines is 1. The summed E-state index contributed by atoms with van der Waals surface area (Å²) in [4.78, 5) is 7.71. The van der Waals surface area contributed by atoms with Gasteiger partial charge in [0.15, 0.2) is 10.9 Å². The molecule has 0 atom stereocenters. The van der Waals surface area contributed by atoms with Crippen LogP contribution in [0, 0.1) is 0 Å². The smallest absolute Gasteiger partial charge is 0.488 e. The molecule has 1 N–H and O–H groups in total. The average Bonchev–Trinajstić information content (AvgIpc) is 3.10. The standard InChI is InChI=1S/C16H12Cl2F3N5O2/c17-13-14(18)23-9-24-15(13)22-5-6-27-12-7-25-26(8-12)10-1-3-11(4-2-10)28-16(19,20)21/h1-4,7-9H,5-6H2,(H,22,23,24). The van der Waals surface area contributed by atoms with E-state index in [2.05, 4.69) is 25.1 Å². The fourth-order valence-electron chi connectivity index (χ4n) is 2.13. The Morgan fingerprint density at radius 1 is 1.07 bits per heavy atom. The molecule has 7 nitrogen and oxygen atoms in total. The molecule has 0 spiro atoms. The van der Waals surface area contributed by atoms with Crippen molar-refractivity contribution in [3.63, 3.8) is 0 Å². The monoisotopic (exact) mass is 433 g/mol. The number of rotatable bonds is 7. The van der Waals surface area contributed by atoms with Crippen LogP contribution in [0.1, 0.15) is 0 Å². The number of aromatic nitrogens is 4. The zero-order valence-electron chi connectivity index (χ0n) is 14.0. The van der Waals surface area contributed by atoms with Gasteiger partial charge in [-0.15, -0.1) is 13.2 Å². The molecule has 0 aliphatic heterocycles. The molecule has 0 radical (unpaired) electrons. The molecule has 1 aromatic carbocycles. The quantitative estimate of drug-likeness (QED) is 0.440. The highest BCUT2D eigenvalue weighted by Gasteiger charge is 2.30. The van der Waals surface area contributed by atoms with Gasteiger partial charge in [0.25, 0.3) is 0 Å². The number of ether oxygens (including phenoxy) is 2. The molecule has 0 bridgehead atoms. The molecule has 148 valence electrons. The van der Waals surface area contributed by atoms with E-state index in [4.69, 9.17) is 27.9 Å². The van der Waals surface area contributed by atoms with E-state index in [1.807, 2.05) is 0 Å². The second kappa shape index (κ2) is 8.53. The maximum absolute atomic E-state index is 12.2. The second-order valence-electron chi connectivity index (χ2n) is 5.26. The summed E-state index contributed by atoms with van der Waals surface area (Å²) in [6, 6.07) is 5.29. The third-order valence-electron chi connectivity index (χ3n) is 3.30. The lowest BCUT2D eigenvalue weighted by Gasteiger charge is -2.09. The van der Waals surface area contributed by atoms with Crippen molar-refractivity contribution in [2.45, 2.75) is 6.36 Å². The van der Waals surface area contributed by atoms with Crippen LogP contribution in [-0.2, 0) is 0 Å². The van der Waals surface area contributed by atoms with E-state index in [1.165, 1.54) is 41.5 Å². The minimum absolute atomic E-state index is 0.146. The average molecular weight is 434 g/mol. The Labute approximate surface area is 167 Å². The van der Waals surface area contributed by atoms with Gasteiger partial charge >= 0.3 is 6.36 Å². The first-order valence-electron chi connectivity index (χ1n) is 7.75. The Balaban J connectivity index is 1.52. The summed E-state index contributed by atoms with van der Waals surface area (Å²) in [7, 11) is 0. The Morgan fingerprint density at radius 3 is 2.54 bits per heavy atom. The van der Waals surface area contributed by atoms with Gasteiger partial charge < -0.3 is 14.8 Å². The fourth-order valence-corrected chi connectivity index (χ4v) is 2.43. The second-order valence-corrected chi connectivity index (χ2v) is 6.00. The summed E-state index contributed by atoms with van der Waals surface area (Å²) in [5.41, 5.74) is 0.546. The molecule has 3 rings (SSSR count). The van der Waals surface area contributed by atoms with Gasteiger partial charge in [0.2, 0.25) is 0 Å². The first-order valence-corrected chi connectivity index (χ1v) is 8.51. The van der Waals surface area contributed by atoms with Crippen LogP contribution in [0.3, 0.4) is 0 Å². The minimum Gasteiger partial charge on any atom is -0.488 e. The molecule has 0 saturated carbocycles. The molecule has 0 unspecified atom stereocenters. The lowest BCUT2D eigenvalue weighted by Crippen LogP contribution is -2.17. The van der Waals surface area contributed by atoms with Crippen molar-refractivity contribution >= 4 is 29.0 Å². The Kier molecular flexibility index (Phi) is 6.10. The van der Waals surface area contributed by atoms with Gasteiger partial charge in [0.05, 0.1) is 24.6 Å². The van der Waals surface area contributed by atoms with Gasteiger partial charge in [0.1, 0.15) is 29.5 Å². The van der Waals surface area contributed by atoms with Crippen molar-refractivity contribution in [2.75, 3.05) is 18.5 Å². The molecule has 3 aromatic rings. The molecule has 2 aromatic heterocycles. The van der Waals surface area contributed by atoms with Crippen molar-refractivity contribution in [2.24, 2.45) is 0 Å². The van der Waals surface area contributed by atoms with Crippen LogP contribution < -0.4 is 14.8 Å². The van der Waals surface area contributed by atoms with E-state index in [0.717, 1.165) is 0 Å². The zero-order chi connectivity index (χ0) is 20.1. The summed E-state index contributed by atoms with van der Waals surface area (Å²) >= 11 is 11.8. The van der Waals surface area contributed by atoms with Crippen molar-refractivity contribution in [1.82, 2.24) is 19.7 Å². The highest BCUT2D eigenvalue weighted by Crippen LogP contribution is 2.25. The Bertz CT molecular complexity index is 935. The number of hydrogen-bond acceptors (Lipinski definition) is 6. The maximum atomic E-state index is 12.2. The third kappa shape index (κ3) is 5.40. The number of nitrogens with zero attached hydrogens (tertiary/aromatic N) is 4. The van der Waals surface area contributed by atoms with Gasteiger partial charge in [-0.05, 0) is 24.3 Å². The summed E-state index contributed by atoms with van der Waals surface area (Å²) in [6.45, 7) is 0.670. The van der Waals surface area contributed by atoms with E-state index in [1.54, 1.807) is 6.20 Å². The lowest BCUT2D eigenvalue weighted by molar-refractivity contribution is -0.274. The Morgan fingerprint density at radius 2 is 1.82 bits per heavy atom. The topological polar surface area (TPSA) is 74.1 Å². The molecule has 28 heavy (non-hydrogen) atoms. The van der Waals surface area contributed by atoms with Gasteiger partial charge in [-0.25, -0.2) is 14.6 Å². The molecule has 0 aliphatic rings.